The largest absolute Gasteiger partial charge is 0.387 e. The maximum atomic E-state index is 8.49. The Kier molecular flexibility index (Phi) is 2.07. The van der Waals surface area contributed by atoms with Crippen LogP contribution in [0.2, 0.25) is 0 Å². The van der Waals surface area contributed by atoms with Crippen LogP contribution in [0.1, 0.15) is 11.3 Å². The van der Waals surface area contributed by atoms with Gasteiger partial charge >= 0.3 is 0 Å². The highest BCUT2D eigenvalue weighted by atomic mass is 14.8. The number of pyridine rings is 1. The first-order valence-corrected chi connectivity index (χ1v) is 3.32. The summed E-state index contributed by atoms with van der Waals surface area (Å²) in [6.45, 7) is 1.94. The Labute approximate surface area is 65.7 Å². The van der Waals surface area contributed by atoms with Gasteiger partial charge in [0.25, 0.3) is 0 Å². The predicted molar refractivity (Wildman–Crippen MR) is 43.2 cm³/mol. The van der Waals surface area contributed by atoms with Gasteiger partial charge < -0.3 is 5.32 Å². The highest BCUT2D eigenvalue weighted by Gasteiger charge is 1.97. The maximum absolute atomic E-state index is 8.49. The highest BCUT2D eigenvalue weighted by Crippen LogP contribution is 2.11. The zero-order valence-electron chi connectivity index (χ0n) is 6.55. The molecule has 1 heterocycles. The van der Waals surface area contributed by atoms with Gasteiger partial charge in [-0.3, -0.25) is 0 Å². The summed E-state index contributed by atoms with van der Waals surface area (Å²) in [5.74, 6) is 0. The van der Waals surface area contributed by atoms with Crippen molar-refractivity contribution < 1.29 is 0 Å². The van der Waals surface area contributed by atoms with E-state index in [1.165, 1.54) is 0 Å². The second-order valence-electron chi connectivity index (χ2n) is 2.25. The first-order valence-electron chi connectivity index (χ1n) is 3.32. The number of nitrogens with one attached hydrogen (secondary N) is 1. The van der Waals surface area contributed by atoms with Crippen LogP contribution < -0.4 is 5.32 Å². The fraction of sp³-hybridized carbons (Fsp3) is 0.250. The van der Waals surface area contributed by atoms with Crippen LogP contribution in [0.4, 0.5) is 5.69 Å². The minimum absolute atomic E-state index is 0.460. The second kappa shape index (κ2) is 3.02. The van der Waals surface area contributed by atoms with E-state index in [0.717, 1.165) is 11.3 Å². The fourth-order valence-electron chi connectivity index (χ4n) is 0.879. The van der Waals surface area contributed by atoms with Crippen molar-refractivity contribution in [3.8, 4) is 6.07 Å². The molecule has 0 bridgehead atoms. The molecule has 0 aliphatic heterocycles. The molecular formula is C8H9N3. The summed E-state index contributed by atoms with van der Waals surface area (Å²) in [5, 5.41) is 11.5. The number of nitriles is 1. The SMILES string of the molecule is CNc1cnc(C#N)cc1C. The lowest BCUT2D eigenvalue weighted by molar-refractivity contribution is 1.22. The lowest BCUT2D eigenvalue weighted by Crippen LogP contribution is -1.93. The van der Waals surface area contributed by atoms with Crippen LogP contribution in [0.15, 0.2) is 12.3 Å². The number of aryl methyl sites for hydroxylation is 1. The van der Waals surface area contributed by atoms with E-state index in [4.69, 9.17) is 5.26 Å². The molecule has 1 rings (SSSR count). The van der Waals surface area contributed by atoms with Crippen LogP contribution in [0.3, 0.4) is 0 Å². The molecule has 0 aromatic carbocycles. The molecule has 1 aromatic heterocycles. The first kappa shape index (κ1) is 7.55. The van der Waals surface area contributed by atoms with E-state index in [2.05, 4.69) is 10.3 Å². The summed E-state index contributed by atoms with van der Waals surface area (Å²) in [6.07, 6.45) is 1.66. The van der Waals surface area contributed by atoms with Crippen LogP contribution in [0.5, 0.6) is 0 Å². The molecule has 3 nitrogen and oxygen atoms in total. The zero-order valence-corrected chi connectivity index (χ0v) is 6.55. The molecule has 0 saturated carbocycles. The molecule has 0 fully saturated rings. The predicted octanol–water partition coefficient (Wildman–Crippen LogP) is 1.30. The third-order valence-corrected chi connectivity index (χ3v) is 1.49. The van der Waals surface area contributed by atoms with Gasteiger partial charge in [0.1, 0.15) is 11.8 Å². The molecular weight excluding hydrogens is 138 g/mol. The molecule has 0 aliphatic carbocycles. The Bertz CT molecular complexity index is 299. The van der Waals surface area contributed by atoms with Gasteiger partial charge in [0.2, 0.25) is 0 Å². The standard InChI is InChI=1S/C8H9N3/c1-6-3-7(4-9)11-5-8(6)10-2/h3,5,10H,1-2H3. The Balaban J connectivity index is 3.12. The molecule has 0 atom stereocenters. The monoisotopic (exact) mass is 147 g/mol. The van der Waals surface area contributed by atoms with Gasteiger partial charge in [-0.1, -0.05) is 0 Å². The van der Waals surface area contributed by atoms with Crippen molar-refractivity contribution in [3.05, 3.63) is 23.5 Å². The summed E-state index contributed by atoms with van der Waals surface area (Å²) in [5.41, 5.74) is 2.46. The van der Waals surface area contributed by atoms with Crippen molar-refractivity contribution in [2.24, 2.45) is 0 Å². The molecule has 56 valence electrons. The highest BCUT2D eigenvalue weighted by molar-refractivity contribution is 5.49. The fourth-order valence-corrected chi connectivity index (χ4v) is 0.879. The molecule has 0 radical (unpaired) electrons. The van der Waals surface area contributed by atoms with Gasteiger partial charge in [0, 0.05) is 7.05 Å². The molecule has 11 heavy (non-hydrogen) atoms. The number of anilines is 1. The van der Waals surface area contributed by atoms with Gasteiger partial charge in [-0.2, -0.15) is 5.26 Å². The topological polar surface area (TPSA) is 48.7 Å². The smallest absolute Gasteiger partial charge is 0.140 e. The van der Waals surface area contributed by atoms with Crippen LogP contribution in [0.25, 0.3) is 0 Å². The summed E-state index contributed by atoms with van der Waals surface area (Å²) in [6, 6.07) is 3.74. The Morgan fingerprint density at radius 3 is 2.82 bits per heavy atom. The van der Waals surface area contributed by atoms with Crippen molar-refractivity contribution in [2.75, 3.05) is 12.4 Å². The molecule has 3 heteroatoms. The first-order chi connectivity index (χ1) is 5.27. The zero-order chi connectivity index (χ0) is 8.27. The molecule has 0 unspecified atom stereocenters. The van der Waals surface area contributed by atoms with Gasteiger partial charge in [-0.05, 0) is 18.6 Å². The van der Waals surface area contributed by atoms with Gasteiger partial charge in [-0.25, -0.2) is 4.98 Å². The normalized spacial score (nSPS) is 8.82. The van der Waals surface area contributed by atoms with E-state index in [9.17, 15) is 0 Å². The van der Waals surface area contributed by atoms with Crippen molar-refractivity contribution in [1.82, 2.24) is 4.98 Å². The van der Waals surface area contributed by atoms with Crippen molar-refractivity contribution in [1.29, 1.82) is 5.26 Å². The van der Waals surface area contributed by atoms with Crippen molar-refractivity contribution in [3.63, 3.8) is 0 Å². The van der Waals surface area contributed by atoms with E-state index in [0.29, 0.717) is 5.69 Å². The van der Waals surface area contributed by atoms with Crippen LogP contribution in [-0.4, -0.2) is 12.0 Å². The van der Waals surface area contributed by atoms with Crippen molar-refractivity contribution >= 4 is 5.69 Å². The number of aromatic nitrogens is 1. The number of hydrogen-bond donors (Lipinski definition) is 1. The Morgan fingerprint density at radius 1 is 1.64 bits per heavy atom. The molecule has 0 saturated heterocycles. The van der Waals surface area contributed by atoms with E-state index < -0.39 is 0 Å². The summed E-state index contributed by atoms with van der Waals surface area (Å²) >= 11 is 0. The van der Waals surface area contributed by atoms with E-state index in [1.54, 1.807) is 12.3 Å². The third kappa shape index (κ3) is 1.47. The van der Waals surface area contributed by atoms with Gasteiger partial charge in [0.15, 0.2) is 0 Å². The minimum Gasteiger partial charge on any atom is -0.387 e. The average Bonchev–Trinajstić information content (AvgIpc) is 2.04. The maximum Gasteiger partial charge on any atom is 0.140 e. The molecule has 1 N–H and O–H groups in total. The molecule has 0 aliphatic rings. The lowest BCUT2D eigenvalue weighted by Gasteiger charge is -2.02. The quantitative estimate of drug-likeness (QED) is 0.651. The van der Waals surface area contributed by atoms with Gasteiger partial charge in [0.05, 0.1) is 11.9 Å². The van der Waals surface area contributed by atoms with Crippen molar-refractivity contribution in [2.45, 2.75) is 6.92 Å². The Hall–Kier alpha value is -1.56. The summed E-state index contributed by atoms with van der Waals surface area (Å²) in [4.78, 5) is 3.91. The summed E-state index contributed by atoms with van der Waals surface area (Å²) in [7, 11) is 1.83. The Morgan fingerprint density at radius 2 is 2.36 bits per heavy atom. The number of rotatable bonds is 1. The van der Waals surface area contributed by atoms with Gasteiger partial charge in [-0.15, -0.1) is 0 Å². The number of hydrogen-bond acceptors (Lipinski definition) is 3. The van der Waals surface area contributed by atoms with E-state index in [1.807, 2.05) is 20.0 Å². The average molecular weight is 147 g/mol. The minimum atomic E-state index is 0.460. The lowest BCUT2D eigenvalue weighted by atomic mass is 10.2. The van der Waals surface area contributed by atoms with Crippen LogP contribution in [0, 0.1) is 18.3 Å². The second-order valence-corrected chi connectivity index (χ2v) is 2.25. The third-order valence-electron chi connectivity index (χ3n) is 1.49. The summed E-state index contributed by atoms with van der Waals surface area (Å²) < 4.78 is 0. The van der Waals surface area contributed by atoms with E-state index in [-0.39, 0.29) is 0 Å². The molecule has 0 amide bonds. The molecule has 1 aromatic rings. The van der Waals surface area contributed by atoms with Crippen LogP contribution >= 0.6 is 0 Å². The molecule has 0 spiro atoms. The number of nitrogens with zero attached hydrogens (tertiary/aromatic N) is 2. The van der Waals surface area contributed by atoms with E-state index >= 15 is 0 Å². The van der Waals surface area contributed by atoms with Crippen LogP contribution in [-0.2, 0) is 0 Å².